The summed E-state index contributed by atoms with van der Waals surface area (Å²) in [5.41, 5.74) is 9.41. The molecule has 3 aromatic rings. The highest BCUT2D eigenvalue weighted by Gasteiger charge is 2.19. The van der Waals surface area contributed by atoms with Crippen molar-refractivity contribution in [1.82, 2.24) is 9.78 Å². The molecule has 0 unspecified atom stereocenters. The van der Waals surface area contributed by atoms with Crippen molar-refractivity contribution < 1.29 is 4.39 Å². The van der Waals surface area contributed by atoms with Crippen LogP contribution in [0.5, 0.6) is 0 Å². The van der Waals surface area contributed by atoms with Gasteiger partial charge in [-0.05, 0) is 60.7 Å². The minimum Gasteiger partial charge on any atom is -0.355 e. The predicted molar refractivity (Wildman–Crippen MR) is 94.6 cm³/mol. The van der Waals surface area contributed by atoms with Gasteiger partial charge in [0.25, 0.3) is 0 Å². The summed E-state index contributed by atoms with van der Waals surface area (Å²) in [4.78, 5) is 0. The van der Waals surface area contributed by atoms with Gasteiger partial charge in [0.2, 0.25) is 0 Å². The number of fused-ring (bicyclic) bond motifs is 1. The average molecular weight is 324 g/mol. The summed E-state index contributed by atoms with van der Waals surface area (Å²) < 4.78 is 15.4. The lowest BCUT2D eigenvalue weighted by atomic mass is 9.85. The van der Waals surface area contributed by atoms with Gasteiger partial charge in [-0.1, -0.05) is 6.42 Å². The van der Waals surface area contributed by atoms with Crippen molar-refractivity contribution in [1.29, 1.82) is 0 Å². The van der Waals surface area contributed by atoms with Crippen LogP contribution in [-0.2, 0) is 13.1 Å². The van der Waals surface area contributed by atoms with E-state index in [9.17, 15) is 4.39 Å². The quantitative estimate of drug-likeness (QED) is 0.740. The molecule has 4 rings (SSSR count). The zero-order valence-corrected chi connectivity index (χ0v) is 13.5. The van der Waals surface area contributed by atoms with Crippen LogP contribution in [0.25, 0.3) is 10.9 Å². The highest BCUT2D eigenvalue weighted by Crippen LogP contribution is 2.30. The number of aromatic nitrogens is 2. The molecule has 0 amide bonds. The van der Waals surface area contributed by atoms with Gasteiger partial charge in [0, 0.05) is 29.9 Å². The number of benzene rings is 2. The first-order chi connectivity index (χ1) is 11.7. The van der Waals surface area contributed by atoms with E-state index in [0.29, 0.717) is 6.54 Å². The van der Waals surface area contributed by atoms with Gasteiger partial charge >= 0.3 is 0 Å². The molecule has 0 aliphatic heterocycles. The first kappa shape index (κ1) is 15.1. The highest BCUT2D eigenvalue weighted by atomic mass is 19.1. The van der Waals surface area contributed by atoms with Crippen LogP contribution in [0.1, 0.15) is 24.8 Å². The van der Waals surface area contributed by atoms with Crippen LogP contribution in [0.15, 0.2) is 42.6 Å². The molecule has 3 N–H and O–H groups in total. The second-order valence-electron chi connectivity index (χ2n) is 6.53. The van der Waals surface area contributed by atoms with E-state index >= 15 is 0 Å². The van der Waals surface area contributed by atoms with Crippen molar-refractivity contribution in [2.24, 2.45) is 11.7 Å². The molecule has 1 heterocycles. The van der Waals surface area contributed by atoms with Crippen molar-refractivity contribution >= 4 is 22.3 Å². The van der Waals surface area contributed by atoms with Crippen molar-refractivity contribution in [3.8, 4) is 0 Å². The largest absolute Gasteiger partial charge is 0.355 e. The molecule has 0 spiro atoms. The summed E-state index contributed by atoms with van der Waals surface area (Å²) >= 11 is 0. The maximum atomic E-state index is 13.3. The molecule has 0 saturated heterocycles. The Kier molecular flexibility index (Phi) is 3.94. The van der Waals surface area contributed by atoms with Gasteiger partial charge in [0.05, 0.1) is 11.7 Å². The lowest BCUT2D eigenvalue weighted by molar-refractivity contribution is 0.270. The van der Waals surface area contributed by atoms with Crippen LogP contribution < -0.4 is 11.1 Å². The van der Waals surface area contributed by atoms with Gasteiger partial charge < -0.3 is 11.1 Å². The normalized spacial score (nSPS) is 14.8. The van der Waals surface area contributed by atoms with Gasteiger partial charge in [-0.2, -0.15) is 5.10 Å². The van der Waals surface area contributed by atoms with E-state index in [0.717, 1.165) is 40.3 Å². The Bertz CT molecular complexity index is 867. The number of nitrogens with one attached hydrogen (secondary N) is 1. The molecular weight excluding hydrogens is 303 g/mol. The minimum atomic E-state index is -0.270. The number of hydrogen-bond acceptors (Lipinski definition) is 3. The third-order valence-corrected chi connectivity index (χ3v) is 4.86. The maximum Gasteiger partial charge on any atom is 0.123 e. The average Bonchev–Trinajstić information content (AvgIpc) is 2.95. The van der Waals surface area contributed by atoms with Gasteiger partial charge in [0.15, 0.2) is 0 Å². The summed E-state index contributed by atoms with van der Waals surface area (Å²) in [7, 11) is 0. The minimum absolute atomic E-state index is 0.270. The molecule has 0 atom stereocenters. The molecule has 0 bridgehead atoms. The smallest absolute Gasteiger partial charge is 0.123 e. The molecule has 5 heteroatoms. The Morgan fingerprint density at radius 1 is 1.21 bits per heavy atom. The van der Waals surface area contributed by atoms with E-state index in [4.69, 9.17) is 5.73 Å². The van der Waals surface area contributed by atoms with Crippen LogP contribution in [0.4, 0.5) is 15.8 Å². The SMILES string of the molecule is NCc1cc(F)ccc1Nc1ccc2c(cnn2CC2CCC2)c1. The van der Waals surface area contributed by atoms with Crippen LogP contribution >= 0.6 is 0 Å². The number of nitrogens with zero attached hydrogens (tertiary/aromatic N) is 2. The molecule has 1 aromatic heterocycles. The first-order valence-corrected chi connectivity index (χ1v) is 8.44. The Morgan fingerprint density at radius 3 is 2.83 bits per heavy atom. The zero-order chi connectivity index (χ0) is 16.5. The number of anilines is 2. The van der Waals surface area contributed by atoms with E-state index in [1.165, 1.54) is 31.4 Å². The third-order valence-electron chi connectivity index (χ3n) is 4.86. The number of nitrogens with two attached hydrogens (primary N) is 1. The number of rotatable bonds is 5. The lowest BCUT2D eigenvalue weighted by Crippen LogP contribution is -2.18. The summed E-state index contributed by atoms with van der Waals surface area (Å²) in [5.74, 6) is 0.506. The molecule has 2 aromatic carbocycles. The van der Waals surface area contributed by atoms with Crippen molar-refractivity contribution in [2.75, 3.05) is 5.32 Å². The monoisotopic (exact) mass is 324 g/mol. The topological polar surface area (TPSA) is 55.9 Å². The molecule has 4 nitrogen and oxygen atoms in total. The van der Waals surface area contributed by atoms with E-state index in [2.05, 4.69) is 27.2 Å². The Balaban J connectivity index is 1.59. The highest BCUT2D eigenvalue weighted by molar-refractivity contribution is 5.83. The van der Waals surface area contributed by atoms with E-state index in [1.807, 2.05) is 12.3 Å². The number of halogens is 1. The van der Waals surface area contributed by atoms with Crippen molar-refractivity contribution in [2.45, 2.75) is 32.4 Å². The van der Waals surface area contributed by atoms with Gasteiger partial charge in [-0.25, -0.2) is 4.39 Å². The molecule has 1 aliphatic carbocycles. The van der Waals surface area contributed by atoms with E-state index in [1.54, 1.807) is 6.07 Å². The van der Waals surface area contributed by atoms with Crippen molar-refractivity contribution in [3.63, 3.8) is 0 Å². The summed E-state index contributed by atoms with van der Waals surface area (Å²) in [6.07, 6.45) is 5.88. The summed E-state index contributed by atoms with van der Waals surface area (Å²) in [6.45, 7) is 1.30. The maximum absolute atomic E-state index is 13.3. The fourth-order valence-corrected chi connectivity index (χ4v) is 3.24. The zero-order valence-electron chi connectivity index (χ0n) is 13.5. The fraction of sp³-hybridized carbons (Fsp3) is 0.316. The summed E-state index contributed by atoms with van der Waals surface area (Å²) in [6, 6.07) is 10.8. The van der Waals surface area contributed by atoms with Gasteiger partial charge in [-0.3, -0.25) is 4.68 Å². The molecular formula is C19H21FN4. The van der Waals surface area contributed by atoms with Gasteiger partial charge in [-0.15, -0.1) is 0 Å². The standard InChI is InChI=1S/C19H21FN4/c20-16-4-6-18(14(8-16)10-21)23-17-5-7-19-15(9-17)11-22-24(19)12-13-2-1-3-13/h4-9,11,13,23H,1-3,10,12,21H2. The second kappa shape index (κ2) is 6.24. The van der Waals surface area contributed by atoms with Crippen molar-refractivity contribution in [3.05, 3.63) is 54.0 Å². The van der Waals surface area contributed by atoms with Crippen LogP contribution in [0.3, 0.4) is 0 Å². The predicted octanol–water partition coefficient (Wildman–Crippen LogP) is 4.18. The number of hydrogen-bond donors (Lipinski definition) is 2. The Labute approximate surface area is 140 Å². The Hall–Kier alpha value is -2.40. The van der Waals surface area contributed by atoms with E-state index in [-0.39, 0.29) is 5.82 Å². The van der Waals surface area contributed by atoms with Crippen LogP contribution in [0.2, 0.25) is 0 Å². The third kappa shape index (κ3) is 2.87. The van der Waals surface area contributed by atoms with Crippen LogP contribution in [-0.4, -0.2) is 9.78 Å². The summed E-state index contributed by atoms with van der Waals surface area (Å²) in [5, 5.41) is 8.97. The molecule has 1 aliphatic rings. The molecule has 1 saturated carbocycles. The van der Waals surface area contributed by atoms with E-state index < -0.39 is 0 Å². The fourth-order valence-electron chi connectivity index (χ4n) is 3.24. The molecule has 0 radical (unpaired) electrons. The lowest BCUT2D eigenvalue weighted by Gasteiger charge is -2.25. The molecule has 24 heavy (non-hydrogen) atoms. The van der Waals surface area contributed by atoms with Gasteiger partial charge in [0.1, 0.15) is 5.82 Å². The van der Waals surface area contributed by atoms with Crippen LogP contribution in [0, 0.1) is 11.7 Å². The second-order valence-corrected chi connectivity index (χ2v) is 6.53. The first-order valence-electron chi connectivity index (χ1n) is 8.44. The Morgan fingerprint density at radius 2 is 2.08 bits per heavy atom. The molecule has 1 fully saturated rings. The molecule has 124 valence electrons.